The number of aryl methyl sites for hydroxylation is 2. The predicted molar refractivity (Wildman–Crippen MR) is 90.6 cm³/mol. The molecular formula is C18H29NO4. The van der Waals surface area contributed by atoms with Crippen LogP contribution in [-0.4, -0.2) is 40.0 Å². The van der Waals surface area contributed by atoms with Crippen LogP contribution in [0.4, 0.5) is 0 Å². The maximum atomic E-state index is 12.0. The molecular weight excluding hydrogens is 294 g/mol. The van der Waals surface area contributed by atoms with Gasteiger partial charge in [-0.1, -0.05) is 32.9 Å². The highest BCUT2D eigenvalue weighted by atomic mass is 16.3. The van der Waals surface area contributed by atoms with Crippen molar-refractivity contribution in [1.29, 1.82) is 0 Å². The molecule has 1 amide bonds. The molecule has 1 aromatic carbocycles. The Hall–Kier alpha value is -1.59. The lowest BCUT2D eigenvalue weighted by molar-refractivity contribution is -0.124. The van der Waals surface area contributed by atoms with E-state index in [4.69, 9.17) is 0 Å². The number of nitrogens with one attached hydrogen (secondary N) is 1. The predicted octanol–water partition coefficient (Wildman–Crippen LogP) is 1.79. The molecule has 0 atom stereocenters. The molecule has 0 aliphatic rings. The number of aliphatic hydroxyl groups excluding tert-OH is 2. The molecule has 23 heavy (non-hydrogen) atoms. The van der Waals surface area contributed by atoms with Gasteiger partial charge in [0.15, 0.2) is 0 Å². The molecule has 0 saturated heterocycles. The van der Waals surface area contributed by atoms with Gasteiger partial charge in [-0.2, -0.15) is 0 Å². The van der Waals surface area contributed by atoms with Crippen LogP contribution >= 0.6 is 0 Å². The number of aromatic hydroxyl groups is 1. The van der Waals surface area contributed by atoms with E-state index in [0.717, 1.165) is 16.7 Å². The van der Waals surface area contributed by atoms with Gasteiger partial charge < -0.3 is 20.6 Å². The number of hydrogen-bond acceptors (Lipinski definition) is 4. The molecule has 0 radical (unpaired) electrons. The topological polar surface area (TPSA) is 89.8 Å². The number of phenolic OH excluding ortho intramolecular Hbond substituents is 1. The van der Waals surface area contributed by atoms with Gasteiger partial charge in [-0.15, -0.1) is 0 Å². The fourth-order valence-corrected chi connectivity index (χ4v) is 2.36. The fraction of sp³-hybridized carbons (Fsp3) is 0.611. The second kappa shape index (κ2) is 7.32. The van der Waals surface area contributed by atoms with Crippen molar-refractivity contribution >= 4 is 5.91 Å². The quantitative estimate of drug-likeness (QED) is 0.642. The van der Waals surface area contributed by atoms with E-state index in [1.165, 1.54) is 0 Å². The van der Waals surface area contributed by atoms with Gasteiger partial charge in [-0.05, 0) is 42.4 Å². The lowest BCUT2D eigenvalue weighted by Gasteiger charge is -2.26. The Morgan fingerprint density at radius 2 is 1.70 bits per heavy atom. The summed E-state index contributed by atoms with van der Waals surface area (Å²) in [7, 11) is 0. The molecule has 0 bridgehead atoms. The molecule has 0 fully saturated rings. The highest BCUT2D eigenvalue weighted by Crippen LogP contribution is 2.34. The van der Waals surface area contributed by atoms with Crippen molar-refractivity contribution in [3.05, 3.63) is 28.8 Å². The van der Waals surface area contributed by atoms with Gasteiger partial charge >= 0.3 is 0 Å². The Morgan fingerprint density at radius 1 is 1.13 bits per heavy atom. The van der Waals surface area contributed by atoms with Crippen molar-refractivity contribution in [3.8, 4) is 5.75 Å². The van der Waals surface area contributed by atoms with E-state index in [0.29, 0.717) is 12.2 Å². The maximum Gasteiger partial charge on any atom is 0.220 e. The van der Waals surface area contributed by atoms with Crippen LogP contribution in [0.2, 0.25) is 0 Å². The highest BCUT2D eigenvalue weighted by Gasteiger charge is 2.24. The van der Waals surface area contributed by atoms with Crippen LogP contribution in [0.3, 0.4) is 0 Å². The third-order valence-electron chi connectivity index (χ3n) is 3.95. The zero-order chi connectivity index (χ0) is 17.8. The Balaban J connectivity index is 2.83. The summed E-state index contributed by atoms with van der Waals surface area (Å²) in [5.41, 5.74) is 1.46. The van der Waals surface area contributed by atoms with E-state index in [9.17, 15) is 20.1 Å². The van der Waals surface area contributed by atoms with E-state index >= 15 is 0 Å². The molecule has 0 aliphatic carbocycles. The SMILES string of the molecule is Cc1cc(CCC(=O)NC(C)(CO)CO)cc(C(C)(C)C)c1O. The van der Waals surface area contributed by atoms with Crippen molar-refractivity contribution in [2.45, 2.75) is 58.4 Å². The molecule has 0 spiro atoms. The molecule has 5 nitrogen and oxygen atoms in total. The number of carbonyl (C=O) groups is 1. The maximum absolute atomic E-state index is 12.0. The van der Waals surface area contributed by atoms with Crippen molar-refractivity contribution in [2.24, 2.45) is 0 Å². The third-order valence-corrected chi connectivity index (χ3v) is 3.95. The number of carbonyl (C=O) groups excluding carboxylic acids is 1. The number of benzene rings is 1. The minimum absolute atomic E-state index is 0.181. The first-order valence-electron chi connectivity index (χ1n) is 7.88. The molecule has 0 heterocycles. The van der Waals surface area contributed by atoms with Gasteiger partial charge in [0.1, 0.15) is 5.75 Å². The first-order chi connectivity index (χ1) is 10.5. The summed E-state index contributed by atoms with van der Waals surface area (Å²) in [6.45, 7) is 8.91. The summed E-state index contributed by atoms with van der Waals surface area (Å²) in [4.78, 5) is 12.0. The van der Waals surface area contributed by atoms with Gasteiger partial charge in [0.2, 0.25) is 5.91 Å². The summed E-state index contributed by atoms with van der Waals surface area (Å²) in [6, 6.07) is 3.82. The molecule has 4 N–H and O–H groups in total. The zero-order valence-electron chi connectivity index (χ0n) is 14.7. The normalized spacial score (nSPS) is 12.3. The second-order valence-electron chi connectivity index (χ2n) is 7.48. The number of rotatable bonds is 6. The van der Waals surface area contributed by atoms with Gasteiger partial charge in [0.05, 0.1) is 18.8 Å². The Labute approximate surface area is 138 Å². The molecule has 0 saturated carbocycles. The largest absolute Gasteiger partial charge is 0.507 e. The Morgan fingerprint density at radius 3 is 2.17 bits per heavy atom. The van der Waals surface area contributed by atoms with Crippen LogP contribution in [0.15, 0.2) is 12.1 Å². The number of hydrogen-bond donors (Lipinski definition) is 4. The Kier molecular flexibility index (Phi) is 6.19. The average molecular weight is 323 g/mol. The van der Waals surface area contributed by atoms with Crippen LogP contribution < -0.4 is 5.32 Å². The van der Waals surface area contributed by atoms with Gasteiger partial charge in [0.25, 0.3) is 0 Å². The second-order valence-corrected chi connectivity index (χ2v) is 7.48. The van der Waals surface area contributed by atoms with Gasteiger partial charge in [-0.25, -0.2) is 0 Å². The molecule has 5 heteroatoms. The Bertz CT molecular complexity index is 557. The average Bonchev–Trinajstić information content (AvgIpc) is 2.47. The smallest absolute Gasteiger partial charge is 0.220 e. The van der Waals surface area contributed by atoms with Gasteiger partial charge in [-0.3, -0.25) is 4.79 Å². The van der Waals surface area contributed by atoms with Crippen molar-refractivity contribution < 1.29 is 20.1 Å². The van der Waals surface area contributed by atoms with Crippen LogP contribution in [0.5, 0.6) is 5.75 Å². The summed E-state index contributed by atoms with van der Waals surface area (Å²) in [5, 5.41) is 31.3. The number of phenols is 1. The van der Waals surface area contributed by atoms with Crippen LogP contribution in [-0.2, 0) is 16.6 Å². The van der Waals surface area contributed by atoms with E-state index in [2.05, 4.69) is 5.32 Å². The molecule has 1 aromatic rings. The summed E-state index contributed by atoms with van der Waals surface area (Å²) < 4.78 is 0. The first-order valence-corrected chi connectivity index (χ1v) is 7.88. The van der Waals surface area contributed by atoms with Crippen LogP contribution in [0, 0.1) is 6.92 Å². The summed E-state index contributed by atoms with van der Waals surface area (Å²) >= 11 is 0. The summed E-state index contributed by atoms with van der Waals surface area (Å²) in [6.07, 6.45) is 0.784. The highest BCUT2D eigenvalue weighted by molar-refractivity contribution is 5.77. The molecule has 1 rings (SSSR count). The molecule has 0 aliphatic heterocycles. The monoisotopic (exact) mass is 323 g/mol. The molecule has 0 unspecified atom stereocenters. The number of amides is 1. The first kappa shape index (κ1) is 19.5. The van der Waals surface area contributed by atoms with E-state index in [1.54, 1.807) is 6.92 Å². The van der Waals surface area contributed by atoms with E-state index < -0.39 is 5.54 Å². The molecule has 0 aromatic heterocycles. The third kappa shape index (κ3) is 5.22. The van der Waals surface area contributed by atoms with Crippen molar-refractivity contribution in [2.75, 3.05) is 13.2 Å². The number of aliphatic hydroxyl groups is 2. The van der Waals surface area contributed by atoms with E-state index in [1.807, 2.05) is 39.8 Å². The minimum Gasteiger partial charge on any atom is -0.507 e. The van der Waals surface area contributed by atoms with Crippen molar-refractivity contribution in [3.63, 3.8) is 0 Å². The van der Waals surface area contributed by atoms with Crippen LogP contribution in [0.1, 0.15) is 50.8 Å². The fourth-order valence-electron chi connectivity index (χ4n) is 2.36. The molecule has 130 valence electrons. The minimum atomic E-state index is -1.00. The standard InChI is InChI=1S/C18H29NO4/c1-12-8-13(9-14(16(12)23)17(2,3)4)6-7-15(22)19-18(5,10-20)11-21/h8-9,20-21,23H,6-7,10-11H2,1-5H3,(H,19,22). The zero-order valence-corrected chi connectivity index (χ0v) is 14.7. The van der Waals surface area contributed by atoms with Crippen LogP contribution in [0.25, 0.3) is 0 Å². The lowest BCUT2D eigenvalue weighted by atomic mass is 9.83. The van der Waals surface area contributed by atoms with Crippen molar-refractivity contribution in [1.82, 2.24) is 5.32 Å². The van der Waals surface area contributed by atoms with Gasteiger partial charge in [0, 0.05) is 6.42 Å². The summed E-state index contributed by atoms with van der Waals surface area (Å²) in [5.74, 6) is 0.0810. The lowest BCUT2D eigenvalue weighted by Crippen LogP contribution is -2.51. The van der Waals surface area contributed by atoms with E-state index in [-0.39, 0.29) is 31.0 Å².